The van der Waals surface area contributed by atoms with Crippen molar-refractivity contribution in [2.24, 2.45) is 0 Å². The third-order valence-electron chi connectivity index (χ3n) is 4.93. The molecule has 1 heterocycles. The highest BCUT2D eigenvalue weighted by Crippen LogP contribution is 2.31. The fraction of sp³-hybridized carbons (Fsp3) is 0.941. The van der Waals surface area contributed by atoms with Crippen molar-refractivity contribution in [1.29, 1.82) is 0 Å². The van der Waals surface area contributed by atoms with Crippen LogP contribution < -0.4 is 5.32 Å². The van der Waals surface area contributed by atoms with Gasteiger partial charge in [0.1, 0.15) is 5.54 Å². The molecule has 1 saturated heterocycles. The van der Waals surface area contributed by atoms with Gasteiger partial charge in [-0.25, -0.2) is 0 Å². The Kier molecular flexibility index (Phi) is 7.14. The Hall–Kier alpha value is -0.610. The number of rotatable bonds is 8. The van der Waals surface area contributed by atoms with E-state index in [0.29, 0.717) is 18.1 Å². The second-order valence-electron chi connectivity index (χ2n) is 6.74. The summed E-state index contributed by atoms with van der Waals surface area (Å²) in [6, 6.07) is 1.64. The monoisotopic (exact) mass is 298 g/mol. The number of carbonyl (C=O) groups is 1. The largest absolute Gasteiger partial charge is 0.468 e. The number of ether oxygens (including phenoxy) is 1. The summed E-state index contributed by atoms with van der Waals surface area (Å²) in [5, 5.41) is 3.40. The molecule has 0 saturated carbocycles. The minimum absolute atomic E-state index is 0.150. The summed E-state index contributed by atoms with van der Waals surface area (Å²) in [4.78, 5) is 14.8. The molecule has 0 radical (unpaired) electrons. The van der Waals surface area contributed by atoms with Crippen LogP contribution in [0, 0.1) is 0 Å². The van der Waals surface area contributed by atoms with Gasteiger partial charge in [-0.2, -0.15) is 0 Å². The summed E-state index contributed by atoms with van der Waals surface area (Å²) in [5.41, 5.74) is -0.592. The summed E-state index contributed by atoms with van der Waals surface area (Å²) in [6.07, 6.45) is 5.53. The smallest absolute Gasteiger partial charge is 0.325 e. The number of hydrogen-bond acceptors (Lipinski definition) is 4. The molecule has 124 valence electrons. The quantitative estimate of drug-likeness (QED) is 0.700. The molecule has 0 aromatic rings. The van der Waals surface area contributed by atoms with Crippen molar-refractivity contribution < 1.29 is 9.53 Å². The van der Waals surface area contributed by atoms with Gasteiger partial charge in [0.2, 0.25) is 0 Å². The van der Waals surface area contributed by atoms with Gasteiger partial charge in [0.15, 0.2) is 0 Å². The molecular weight excluding hydrogens is 264 g/mol. The maximum absolute atomic E-state index is 12.2. The molecule has 1 fully saturated rings. The van der Waals surface area contributed by atoms with E-state index in [9.17, 15) is 4.79 Å². The van der Waals surface area contributed by atoms with Crippen LogP contribution in [0.15, 0.2) is 0 Å². The zero-order valence-corrected chi connectivity index (χ0v) is 14.7. The number of hydrogen-bond donors (Lipinski definition) is 1. The Labute approximate surface area is 130 Å². The van der Waals surface area contributed by atoms with E-state index in [1.165, 1.54) is 26.4 Å². The zero-order chi connectivity index (χ0) is 16.0. The van der Waals surface area contributed by atoms with Crippen molar-refractivity contribution in [2.75, 3.05) is 13.7 Å². The van der Waals surface area contributed by atoms with Gasteiger partial charge in [0.25, 0.3) is 0 Å². The average Bonchev–Trinajstić information content (AvgIpc) is 2.85. The lowest BCUT2D eigenvalue weighted by Crippen LogP contribution is -2.55. The number of nitrogens with one attached hydrogen (secondary N) is 1. The molecule has 1 aliphatic rings. The van der Waals surface area contributed by atoms with E-state index in [1.807, 2.05) is 6.92 Å². The molecule has 0 spiro atoms. The SMILES string of the molecule is CCCNC(C)(CC(C)N1C(C)CCC1CC)C(=O)OC. The first kappa shape index (κ1) is 18.4. The third kappa shape index (κ3) is 4.43. The first-order valence-electron chi connectivity index (χ1n) is 8.50. The standard InChI is InChI=1S/C17H34N2O2/c1-7-11-18-17(5,16(20)21-6)12-14(4)19-13(3)9-10-15(19)8-2/h13-15,18H,7-12H2,1-6H3. The second kappa shape index (κ2) is 8.14. The van der Waals surface area contributed by atoms with Crippen LogP contribution in [0.5, 0.6) is 0 Å². The van der Waals surface area contributed by atoms with E-state index in [4.69, 9.17) is 4.74 Å². The van der Waals surface area contributed by atoms with E-state index in [-0.39, 0.29) is 5.97 Å². The molecule has 0 aromatic carbocycles. The van der Waals surface area contributed by atoms with Crippen molar-refractivity contribution in [1.82, 2.24) is 10.2 Å². The highest BCUT2D eigenvalue weighted by atomic mass is 16.5. The molecule has 0 aliphatic carbocycles. The summed E-state index contributed by atoms with van der Waals surface area (Å²) in [6.45, 7) is 11.7. The minimum atomic E-state index is -0.592. The molecule has 0 amide bonds. The predicted octanol–water partition coefficient (Wildman–Crippen LogP) is 2.96. The molecule has 4 unspecified atom stereocenters. The van der Waals surface area contributed by atoms with Gasteiger partial charge in [-0.15, -0.1) is 0 Å². The third-order valence-corrected chi connectivity index (χ3v) is 4.93. The van der Waals surface area contributed by atoms with Crippen LogP contribution in [-0.2, 0) is 9.53 Å². The average molecular weight is 298 g/mol. The zero-order valence-electron chi connectivity index (χ0n) is 14.7. The van der Waals surface area contributed by atoms with Gasteiger partial charge < -0.3 is 10.1 Å². The Balaban J connectivity index is 2.79. The fourth-order valence-electron chi connectivity index (χ4n) is 3.85. The van der Waals surface area contributed by atoms with E-state index in [0.717, 1.165) is 19.4 Å². The van der Waals surface area contributed by atoms with Gasteiger partial charge in [0, 0.05) is 18.1 Å². The Morgan fingerprint density at radius 3 is 2.62 bits per heavy atom. The predicted molar refractivity (Wildman–Crippen MR) is 87.4 cm³/mol. The van der Waals surface area contributed by atoms with Gasteiger partial charge >= 0.3 is 5.97 Å². The molecule has 0 bridgehead atoms. The van der Waals surface area contributed by atoms with Crippen molar-refractivity contribution in [3.8, 4) is 0 Å². The van der Waals surface area contributed by atoms with Gasteiger partial charge in [-0.05, 0) is 59.4 Å². The minimum Gasteiger partial charge on any atom is -0.468 e. The normalized spacial score (nSPS) is 27.3. The maximum atomic E-state index is 12.2. The van der Waals surface area contributed by atoms with E-state index >= 15 is 0 Å². The van der Waals surface area contributed by atoms with Crippen LogP contribution in [0.3, 0.4) is 0 Å². The number of methoxy groups -OCH3 is 1. The molecule has 1 N–H and O–H groups in total. The summed E-state index contributed by atoms with van der Waals surface area (Å²) in [5.74, 6) is -0.150. The van der Waals surface area contributed by atoms with Crippen LogP contribution in [0.1, 0.15) is 66.7 Å². The number of likely N-dealkylation sites (tertiary alicyclic amines) is 1. The topological polar surface area (TPSA) is 41.6 Å². The number of nitrogens with zero attached hydrogens (tertiary/aromatic N) is 1. The summed E-state index contributed by atoms with van der Waals surface area (Å²) >= 11 is 0. The van der Waals surface area contributed by atoms with Crippen molar-refractivity contribution in [3.63, 3.8) is 0 Å². The molecule has 4 atom stereocenters. The Morgan fingerprint density at radius 2 is 2.10 bits per heavy atom. The lowest BCUT2D eigenvalue weighted by atomic mass is 9.91. The van der Waals surface area contributed by atoms with Gasteiger partial charge in [-0.3, -0.25) is 9.69 Å². The fourth-order valence-corrected chi connectivity index (χ4v) is 3.85. The van der Waals surface area contributed by atoms with Crippen molar-refractivity contribution in [2.45, 2.75) is 90.4 Å². The molecule has 4 nitrogen and oxygen atoms in total. The van der Waals surface area contributed by atoms with Crippen LogP contribution in [0.2, 0.25) is 0 Å². The summed E-state index contributed by atoms with van der Waals surface area (Å²) in [7, 11) is 1.48. The van der Waals surface area contributed by atoms with Crippen LogP contribution in [0.25, 0.3) is 0 Å². The highest BCUT2D eigenvalue weighted by molar-refractivity contribution is 5.80. The molecule has 1 aliphatic heterocycles. The Morgan fingerprint density at radius 1 is 1.43 bits per heavy atom. The molecule has 1 rings (SSSR count). The van der Waals surface area contributed by atoms with Crippen LogP contribution >= 0.6 is 0 Å². The Bertz CT molecular complexity index is 335. The maximum Gasteiger partial charge on any atom is 0.325 e. The highest BCUT2D eigenvalue weighted by Gasteiger charge is 2.40. The molecule has 0 aromatic heterocycles. The van der Waals surface area contributed by atoms with Gasteiger partial charge in [0.05, 0.1) is 7.11 Å². The van der Waals surface area contributed by atoms with E-state index < -0.39 is 5.54 Å². The van der Waals surface area contributed by atoms with E-state index in [1.54, 1.807) is 0 Å². The van der Waals surface area contributed by atoms with Crippen molar-refractivity contribution >= 4 is 5.97 Å². The summed E-state index contributed by atoms with van der Waals surface area (Å²) < 4.78 is 5.04. The molecule has 4 heteroatoms. The number of carbonyl (C=O) groups excluding carboxylic acids is 1. The second-order valence-corrected chi connectivity index (χ2v) is 6.74. The van der Waals surface area contributed by atoms with Gasteiger partial charge in [-0.1, -0.05) is 13.8 Å². The number of esters is 1. The van der Waals surface area contributed by atoms with Crippen LogP contribution in [-0.4, -0.2) is 48.2 Å². The van der Waals surface area contributed by atoms with Crippen LogP contribution in [0.4, 0.5) is 0 Å². The lowest BCUT2D eigenvalue weighted by Gasteiger charge is -2.39. The molecular formula is C17H34N2O2. The first-order valence-corrected chi connectivity index (χ1v) is 8.50. The molecule has 21 heavy (non-hydrogen) atoms. The lowest BCUT2D eigenvalue weighted by molar-refractivity contribution is -0.149. The first-order chi connectivity index (χ1) is 9.89. The van der Waals surface area contributed by atoms with Crippen molar-refractivity contribution in [3.05, 3.63) is 0 Å². The van der Waals surface area contributed by atoms with E-state index in [2.05, 4.69) is 37.9 Å².